The van der Waals surface area contributed by atoms with E-state index < -0.39 is 46.6 Å². The van der Waals surface area contributed by atoms with Gasteiger partial charge in [-0.15, -0.1) is 0 Å². The van der Waals surface area contributed by atoms with E-state index in [-0.39, 0.29) is 55.8 Å². The van der Waals surface area contributed by atoms with Crippen LogP contribution < -0.4 is 10.2 Å². The summed E-state index contributed by atoms with van der Waals surface area (Å²) >= 11 is 7.80. The third-order valence-corrected chi connectivity index (χ3v) is 9.15. The first kappa shape index (κ1) is 38.0. The van der Waals surface area contributed by atoms with Crippen molar-refractivity contribution in [1.29, 1.82) is 5.26 Å². The highest BCUT2D eigenvalue weighted by Gasteiger charge is 2.48. The molecule has 2 amide bonds. The van der Waals surface area contributed by atoms with Crippen LogP contribution in [0.25, 0.3) is 0 Å². The number of hydrogen-bond acceptors (Lipinski definition) is 11. The highest BCUT2D eigenvalue weighted by Crippen LogP contribution is 2.46. The fraction of sp³-hybridized carbons (Fsp3) is 0.588. The van der Waals surface area contributed by atoms with E-state index in [0.717, 1.165) is 0 Å². The van der Waals surface area contributed by atoms with E-state index in [2.05, 4.69) is 11.4 Å². The molecule has 266 valence electrons. The summed E-state index contributed by atoms with van der Waals surface area (Å²) < 4.78 is 32.4. The number of ether oxygens (including phenoxy) is 3. The van der Waals surface area contributed by atoms with Crippen molar-refractivity contribution in [1.82, 2.24) is 14.9 Å². The van der Waals surface area contributed by atoms with Crippen molar-refractivity contribution in [3.05, 3.63) is 39.8 Å². The third-order valence-electron chi connectivity index (χ3n) is 8.25. The number of amides is 2. The van der Waals surface area contributed by atoms with Gasteiger partial charge in [0.15, 0.2) is 11.0 Å². The minimum Gasteiger partial charge on any atom is -0.468 e. The van der Waals surface area contributed by atoms with Gasteiger partial charge in [0.2, 0.25) is 0 Å². The van der Waals surface area contributed by atoms with Crippen LogP contribution in [0.4, 0.5) is 25.5 Å². The molecule has 2 atom stereocenters. The minimum atomic E-state index is -1.53. The Balaban J connectivity index is 1.89. The van der Waals surface area contributed by atoms with Gasteiger partial charge in [-0.05, 0) is 84.8 Å². The van der Waals surface area contributed by atoms with Crippen LogP contribution in [0.2, 0.25) is 5.02 Å². The smallest absolute Gasteiger partial charge is 0.412 e. The van der Waals surface area contributed by atoms with E-state index in [1.54, 1.807) is 47.8 Å². The Morgan fingerprint density at radius 1 is 1.14 bits per heavy atom. The van der Waals surface area contributed by atoms with Gasteiger partial charge in [-0.25, -0.2) is 23.9 Å². The lowest BCUT2D eigenvalue weighted by atomic mass is 9.67. The number of nitrogens with zero attached hydrogens (tertiary/aromatic N) is 5. The molecule has 2 heterocycles. The van der Waals surface area contributed by atoms with Crippen molar-refractivity contribution in [2.24, 2.45) is 0 Å². The Labute approximate surface area is 296 Å². The number of anilines is 2. The van der Waals surface area contributed by atoms with Gasteiger partial charge < -0.3 is 24.0 Å². The molecule has 2 aromatic rings. The molecule has 1 unspecified atom stereocenters. The van der Waals surface area contributed by atoms with Gasteiger partial charge in [0.1, 0.15) is 28.1 Å². The second-order valence-corrected chi connectivity index (χ2v) is 15.3. The number of nitriles is 1. The number of carbonyl (C=O) groups is 3. The number of esters is 1. The van der Waals surface area contributed by atoms with Crippen LogP contribution in [0.5, 0.6) is 0 Å². The first-order valence-electron chi connectivity index (χ1n) is 16.0. The molecule has 49 heavy (non-hydrogen) atoms. The van der Waals surface area contributed by atoms with Gasteiger partial charge in [-0.1, -0.05) is 23.4 Å². The molecular weight excluding hydrogens is 675 g/mol. The molecule has 12 nitrogen and oxygen atoms in total. The van der Waals surface area contributed by atoms with Crippen LogP contribution in [0.1, 0.15) is 77.6 Å². The zero-order valence-corrected chi connectivity index (χ0v) is 30.8. The summed E-state index contributed by atoms with van der Waals surface area (Å²) in [6.07, 6.45) is 1.55. The molecule has 1 aromatic carbocycles. The fourth-order valence-corrected chi connectivity index (χ4v) is 6.96. The largest absolute Gasteiger partial charge is 0.468 e. The van der Waals surface area contributed by atoms with Crippen LogP contribution >= 0.6 is 23.4 Å². The number of aromatic nitrogens is 2. The topological polar surface area (TPSA) is 147 Å². The van der Waals surface area contributed by atoms with Crippen molar-refractivity contribution >= 4 is 53.0 Å². The predicted octanol–water partition coefficient (Wildman–Crippen LogP) is 6.67. The number of piperazine rings is 1. The van der Waals surface area contributed by atoms with Crippen molar-refractivity contribution in [3.8, 4) is 6.07 Å². The number of methoxy groups -OCH3 is 1. The molecule has 15 heteroatoms. The number of benzene rings is 1. The van der Waals surface area contributed by atoms with Crippen LogP contribution in [0, 0.1) is 17.1 Å². The van der Waals surface area contributed by atoms with E-state index in [0.29, 0.717) is 34.4 Å². The van der Waals surface area contributed by atoms with E-state index in [9.17, 15) is 19.6 Å². The highest BCUT2D eigenvalue weighted by atomic mass is 35.5. The molecule has 0 spiro atoms. The Morgan fingerprint density at radius 3 is 2.45 bits per heavy atom. The van der Waals surface area contributed by atoms with Crippen molar-refractivity contribution < 1.29 is 33.0 Å². The first-order chi connectivity index (χ1) is 22.9. The molecule has 1 fully saturated rings. The second kappa shape index (κ2) is 15.0. The monoisotopic (exact) mass is 718 g/mol. The summed E-state index contributed by atoms with van der Waals surface area (Å²) in [5, 5.41) is 13.2. The number of rotatable bonds is 7. The van der Waals surface area contributed by atoms with Gasteiger partial charge in [0.25, 0.3) is 0 Å². The molecule has 1 saturated heterocycles. The van der Waals surface area contributed by atoms with Gasteiger partial charge in [0.05, 0.1) is 31.3 Å². The molecule has 1 aromatic heterocycles. The summed E-state index contributed by atoms with van der Waals surface area (Å²) in [7, 11) is 1.25. The normalized spacial score (nSPS) is 19.4. The predicted molar refractivity (Wildman–Crippen MR) is 185 cm³/mol. The van der Waals surface area contributed by atoms with Crippen LogP contribution in [-0.4, -0.2) is 83.3 Å². The molecule has 1 aliphatic heterocycles. The molecule has 1 aliphatic carbocycles. The summed E-state index contributed by atoms with van der Waals surface area (Å²) in [6.45, 7) is 11.1. The summed E-state index contributed by atoms with van der Waals surface area (Å²) in [4.78, 5) is 53.3. The zero-order chi connectivity index (χ0) is 36.3. The van der Waals surface area contributed by atoms with E-state index in [1.807, 2.05) is 4.90 Å². The van der Waals surface area contributed by atoms with E-state index in [1.165, 1.54) is 35.9 Å². The standard InChI is InChI=1S/C34H44ClFN6O6S/c1-32(2,3)47-30(44)39-26-24(18-34(28(43)46-7)14-9-10-21-22(35)11-12-23(36)25(21)34)38-29(49-8)40-27(26)41-16-17-42(20(19-41)13-15-37)31(45)48-33(4,5)6/h11-12,20H,9-10,13-14,16-19H2,1-8H3,(H,39,44)/t20-,34?/m0/s1. The Bertz CT molecular complexity index is 1640. The molecule has 0 radical (unpaired) electrons. The Morgan fingerprint density at radius 2 is 1.84 bits per heavy atom. The number of nitrogens with one attached hydrogen (secondary N) is 1. The van der Waals surface area contributed by atoms with E-state index >= 15 is 4.39 Å². The van der Waals surface area contributed by atoms with Gasteiger partial charge in [-0.2, -0.15) is 5.26 Å². The average molecular weight is 719 g/mol. The first-order valence-corrected chi connectivity index (χ1v) is 17.7. The van der Waals surface area contributed by atoms with Gasteiger partial charge >= 0.3 is 18.2 Å². The zero-order valence-electron chi connectivity index (χ0n) is 29.2. The maximum atomic E-state index is 15.8. The minimum absolute atomic E-state index is 0.0141. The Kier molecular flexibility index (Phi) is 11.6. The van der Waals surface area contributed by atoms with Crippen molar-refractivity contribution in [2.45, 2.75) is 101 Å². The molecule has 0 bridgehead atoms. The van der Waals surface area contributed by atoms with Crippen LogP contribution in [0.15, 0.2) is 17.3 Å². The summed E-state index contributed by atoms with van der Waals surface area (Å²) in [5.41, 5.74) is -2.03. The van der Waals surface area contributed by atoms with Gasteiger partial charge in [0, 0.05) is 36.6 Å². The van der Waals surface area contributed by atoms with Crippen molar-refractivity contribution in [2.75, 3.05) is 43.2 Å². The number of carbonyl (C=O) groups excluding carboxylic acids is 3. The van der Waals surface area contributed by atoms with Crippen molar-refractivity contribution in [3.63, 3.8) is 0 Å². The van der Waals surface area contributed by atoms with Crippen LogP contribution in [0.3, 0.4) is 0 Å². The molecule has 4 rings (SSSR count). The maximum absolute atomic E-state index is 15.8. The lowest BCUT2D eigenvalue weighted by Crippen LogP contribution is -2.56. The number of hydrogen-bond donors (Lipinski definition) is 1. The summed E-state index contributed by atoms with van der Waals surface area (Å²) in [5.74, 6) is -0.957. The van der Waals surface area contributed by atoms with E-state index in [4.69, 9.17) is 35.8 Å². The molecule has 2 aliphatic rings. The quantitative estimate of drug-likeness (QED) is 0.142. The second-order valence-electron chi connectivity index (χ2n) is 14.1. The molecule has 0 saturated carbocycles. The lowest BCUT2D eigenvalue weighted by molar-refractivity contribution is -0.148. The highest BCUT2D eigenvalue weighted by molar-refractivity contribution is 7.98. The fourth-order valence-electron chi connectivity index (χ4n) is 6.32. The SMILES string of the molecule is COC(=O)C1(Cc2nc(SC)nc(N3CCN(C(=O)OC(C)(C)C)[C@@H](CC#N)C3)c2NC(=O)OC(C)(C)C)CCCc2c(Cl)ccc(F)c21. The summed E-state index contributed by atoms with van der Waals surface area (Å²) in [6, 6.07) is 4.31. The van der Waals surface area contributed by atoms with Gasteiger partial charge in [-0.3, -0.25) is 10.1 Å². The Hall–Kier alpha value is -3.83. The molecule has 1 N–H and O–H groups in total. The number of thioether (sulfide) groups is 1. The van der Waals surface area contributed by atoms with Crippen LogP contribution in [-0.2, 0) is 37.3 Å². The maximum Gasteiger partial charge on any atom is 0.412 e. The number of halogens is 2. The molecular formula is C34H44ClFN6O6S. The average Bonchev–Trinajstić information content (AvgIpc) is 3.01. The number of fused-ring (bicyclic) bond motifs is 1. The third kappa shape index (κ3) is 8.67. The lowest BCUT2D eigenvalue weighted by Gasteiger charge is -2.42.